The normalized spacial score (nSPS) is 10.8. The van der Waals surface area contributed by atoms with Gasteiger partial charge >= 0.3 is 5.97 Å². The van der Waals surface area contributed by atoms with E-state index in [0.29, 0.717) is 0 Å². The van der Waals surface area contributed by atoms with E-state index in [2.05, 4.69) is 20.9 Å². The van der Waals surface area contributed by atoms with Gasteiger partial charge in [0.2, 0.25) is 0 Å². The third-order valence-corrected chi connectivity index (χ3v) is 3.37. The van der Waals surface area contributed by atoms with Crippen LogP contribution in [0.1, 0.15) is 10.4 Å². The number of hydrogen-bond donors (Lipinski definition) is 1. The van der Waals surface area contributed by atoms with Gasteiger partial charge in [-0.15, -0.1) is 0 Å². The molecule has 3 rings (SSSR count). The Morgan fingerprint density at radius 2 is 1.89 bits per heavy atom. The molecule has 0 atom stereocenters. The Labute approximate surface area is 117 Å². The second-order valence-electron chi connectivity index (χ2n) is 4.10. The van der Waals surface area contributed by atoms with Crippen molar-refractivity contribution in [2.75, 3.05) is 0 Å². The Hall–Kier alpha value is -2.14. The highest BCUT2D eigenvalue weighted by molar-refractivity contribution is 9.10. The highest BCUT2D eigenvalue weighted by Crippen LogP contribution is 2.23. The molecule has 0 amide bonds. The predicted molar refractivity (Wildman–Crippen MR) is 75.3 cm³/mol. The average Bonchev–Trinajstić information content (AvgIpc) is 2.81. The Kier molecular flexibility index (Phi) is 2.83. The number of aromatic nitrogens is 2. The molecule has 19 heavy (non-hydrogen) atoms. The van der Waals surface area contributed by atoms with Crippen molar-refractivity contribution in [2.24, 2.45) is 0 Å². The molecule has 0 aliphatic heterocycles. The molecule has 5 heteroatoms. The van der Waals surface area contributed by atoms with E-state index in [9.17, 15) is 4.79 Å². The van der Waals surface area contributed by atoms with Crippen molar-refractivity contribution >= 4 is 27.5 Å². The number of carboxylic acid groups (broad SMARTS) is 1. The van der Waals surface area contributed by atoms with Gasteiger partial charge in [-0.1, -0.05) is 12.1 Å². The summed E-state index contributed by atoms with van der Waals surface area (Å²) >= 11 is 3.43. The largest absolute Gasteiger partial charge is 0.478 e. The molecule has 0 saturated heterocycles. The molecule has 0 bridgehead atoms. The molecule has 2 heterocycles. The summed E-state index contributed by atoms with van der Waals surface area (Å²) in [7, 11) is 0. The lowest BCUT2D eigenvalue weighted by Crippen LogP contribution is -1.95. The smallest absolute Gasteiger partial charge is 0.335 e. The van der Waals surface area contributed by atoms with Gasteiger partial charge in [0.1, 0.15) is 5.65 Å². The second kappa shape index (κ2) is 4.51. The van der Waals surface area contributed by atoms with Crippen molar-refractivity contribution in [1.82, 2.24) is 9.38 Å². The van der Waals surface area contributed by atoms with Crippen LogP contribution in [0.2, 0.25) is 0 Å². The fraction of sp³-hybridized carbons (Fsp3) is 0. The topological polar surface area (TPSA) is 54.6 Å². The standard InChI is InChI=1S/C14H9BrN2O2/c15-11-5-6-13-16-7-12(17(13)8-11)9-1-3-10(4-2-9)14(18)19/h1-8H,(H,18,19). The van der Waals surface area contributed by atoms with E-state index in [-0.39, 0.29) is 5.56 Å². The summed E-state index contributed by atoms with van der Waals surface area (Å²) in [5.41, 5.74) is 2.98. The number of pyridine rings is 1. The Bertz CT molecular complexity index is 763. The molecular formula is C14H9BrN2O2. The van der Waals surface area contributed by atoms with Crippen molar-refractivity contribution in [3.63, 3.8) is 0 Å². The Balaban J connectivity index is 2.13. The van der Waals surface area contributed by atoms with Crippen molar-refractivity contribution in [2.45, 2.75) is 0 Å². The summed E-state index contributed by atoms with van der Waals surface area (Å²) in [5.74, 6) is -0.924. The fourth-order valence-electron chi connectivity index (χ4n) is 1.95. The van der Waals surface area contributed by atoms with Crippen LogP contribution in [0.15, 0.2) is 53.3 Å². The number of halogens is 1. The molecular weight excluding hydrogens is 308 g/mol. The quantitative estimate of drug-likeness (QED) is 0.787. The summed E-state index contributed by atoms with van der Waals surface area (Å²) in [6, 6.07) is 10.6. The zero-order valence-electron chi connectivity index (χ0n) is 9.75. The van der Waals surface area contributed by atoms with Gasteiger partial charge < -0.3 is 5.11 Å². The molecule has 1 aromatic carbocycles. The van der Waals surface area contributed by atoms with Crippen LogP contribution in [0.25, 0.3) is 16.9 Å². The first-order valence-electron chi connectivity index (χ1n) is 5.61. The van der Waals surface area contributed by atoms with Crippen LogP contribution in [0.4, 0.5) is 0 Å². The molecule has 1 N–H and O–H groups in total. The molecule has 0 spiro atoms. The van der Waals surface area contributed by atoms with Crippen LogP contribution >= 0.6 is 15.9 Å². The van der Waals surface area contributed by atoms with Gasteiger partial charge in [-0.25, -0.2) is 9.78 Å². The zero-order valence-corrected chi connectivity index (χ0v) is 11.3. The third-order valence-electron chi connectivity index (χ3n) is 2.90. The first kappa shape index (κ1) is 11.9. The van der Waals surface area contributed by atoms with E-state index in [1.165, 1.54) is 0 Å². The second-order valence-corrected chi connectivity index (χ2v) is 5.02. The predicted octanol–water partition coefficient (Wildman–Crippen LogP) is 3.46. The van der Waals surface area contributed by atoms with E-state index in [1.807, 2.05) is 22.7 Å². The van der Waals surface area contributed by atoms with Gasteiger partial charge in [0.25, 0.3) is 0 Å². The Morgan fingerprint density at radius 1 is 1.16 bits per heavy atom. The molecule has 0 aliphatic rings. The lowest BCUT2D eigenvalue weighted by Gasteiger charge is -2.03. The van der Waals surface area contributed by atoms with Crippen molar-refractivity contribution in [3.05, 3.63) is 58.8 Å². The maximum Gasteiger partial charge on any atom is 0.335 e. The molecule has 94 valence electrons. The molecule has 0 unspecified atom stereocenters. The lowest BCUT2D eigenvalue weighted by atomic mass is 10.1. The zero-order chi connectivity index (χ0) is 13.4. The van der Waals surface area contributed by atoms with Gasteiger partial charge in [-0.2, -0.15) is 0 Å². The van der Waals surface area contributed by atoms with E-state index >= 15 is 0 Å². The maximum atomic E-state index is 10.8. The van der Waals surface area contributed by atoms with Crippen LogP contribution in [-0.2, 0) is 0 Å². The van der Waals surface area contributed by atoms with E-state index in [1.54, 1.807) is 30.5 Å². The monoisotopic (exact) mass is 316 g/mol. The van der Waals surface area contributed by atoms with Gasteiger partial charge in [0, 0.05) is 16.2 Å². The van der Waals surface area contributed by atoms with Gasteiger partial charge in [0.05, 0.1) is 17.5 Å². The number of imidazole rings is 1. The Morgan fingerprint density at radius 3 is 2.58 bits per heavy atom. The van der Waals surface area contributed by atoms with E-state index < -0.39 is 5.97 Å². The summed E-state index contributed by atoms with van der Waals surface area (Å²) in [6.07, 6.45) is 3.71. The van der Waals surface area contributed by atoms with Crippen molar-refractivity contribution in [3.8, 4) is 11.3 Å². The molecule has 0 aliphatic carbocycles. The minimum atomic E-state index is -0.924. The molecule has 2 aromatic heterocycles. The first-order valence-corrected chi connectivity index (χ1v) is 6.41. The highest BCUT2D eigenvalue weighted by atomic mass is 79.9. The van der Waals surface area contributed by atoms with Crippen LogP contribution in [0, 0.1) is 0 Å². The van der Waals surface area contributed by atoms with E-state index in [0.717, 1.165) is 21.4 Å². The maximum absolute atomic E-state index is 10.8. The summed E-state index contributed by atoms with van der Waals surface area (Å²) < 4.78 is 2.92. The lowest BCUT2D eigenvalue weighted by molar-refractivity contribution is 0.0697. The van der Waals surface area contributed by atoms with Gasteiger partial charge in [-0.05, 0) is 40.2 Å². The minimum absolute atomic E-state index is 0.277. The third kappa shape index (κ3) is 2.13. The molecule has 3 aromatic rings. The number of benzene rings is 1. The van der Waals surface area contributed by atoms with E-state index in [4.69, 9.17) is 5.11 Å². The van der Waals surface area contributed by atoms with Crippen molar-refractivity contribution < 1.29 is 9.90 Å². The number of fused-ring (bicyclic) bond motifs is 1. The van der Waals surface area contributed by atoms with Crippen molar-refractivity contribution in [1.29, 1.82) is 0 Å². The summed E-state index contributed by atoms with van der Waals surface area (Å²) in [6.45, 7) is 0. The molecule has 4 nitrogen and oxygen atoms in total. The average molecular weight is 317 g/mol. The number of carboxylic acids is 1. The number of hydrogen-bond acceptors (Lipinski definition) is 2. The fourth-order valence-corrected chi connectivity index (χ4v) is 2.29. The number of rotatable bonds is 2. The van der Waals surface area contributed by atoms with Crippen LogP contribution in [0.3, 0.4) is 0 Å². The highest BCUT2D eigenvalue weighted by Gasteiger charge is 2.07. The number of nitrogens with zero attached hydrogens (tertiary/aromatic N) is 2. The SMILES string of the molecule is O=C(O)c1ccc(-c2cnc3ccc(Br)cn23)cc1. The van der Waals surface area contributed by atoms with Crippen LogP contribution in [0.5, 0.6) is 0 Å². The van der Waals surface area contributed by atoms with Gasteiger partial charge in [-0.3, -0.25) is 4.40 Å². The van der Waals surface area contributed by atoms with Crippen LogP contribution in [-0.4, -0.2) is 20.5 Å². The van der Waals surface area contributed by atoms with Gasteiger partial charge in [0.15, 0.2) is 0 Å². The number of carbonyl (C=O) groups is 1. The molecule has 0 fully saturated rings. The molecule has 0 saturated carbocycles. The summed E-state index contributed by atoms with van der Waals surface area (Å²) in [4.78, 5) is 15.2. The molecule has 0 radical (unpaired) electrons. The number of aromatic carboxylic acids is 1. The minimum Gasteiger partial charge on any atom is -0.478 e. The van der Waals surface area contributed by atoms with Crippen LogP contribution < -0.4 is 0 Å². The summed E-state index contributed by atoms with van der Waals surface area (Å²) in [5, 5.41) is 8.89. The first-order chi connectivity index (χ1) is 9.15.